The van der Waals surface area contributed by atoms with E-state index in [4.69, 9.17) is 5.73 Å². The Bertz CT molecular complexity index is 425. The molecular formula is C14H26N4O. The number of aryl methyl sites for hydroxylation is 1. The van der Waals surface area contributed by atoms with Crippen LogP contribution in [0, 0.1) is 19.8 Å². The molecule has 0 aromatic carbocycles. The first-order valence-corrected chi connectivity index (χ1v) is 7.13. The maximum Gasteiger partial charge on any atom is 0.0862 e. The van der Waals surface area contributed by atoms with Crippen molar-refractivity contribution in [1.29, 1.82) is 0 Å². The van der Waals surface area contributed by atoms with E-state index in [9.17, 15) is 5.11 Å². The minimum Gasteiger partial charge on any atom is -0.396 e. The molecule has 2 rings (SSSR count). The lowest BCUT2D eigenvalue weighted by atomic mass is 9.85. The fourth-order valence-electron chi connectivity index (χ4n) is 2.70. The molecule has 108 valence electrons. The molecule has 0 bridgehead atoms. The molecule has 0 saturated heterocycles. The highest BCUT2D eigenvalue weighted by Gasteiger charge is 2.20. The van der Waals surface area contributed by atoms with E-state index in [0.717, 1.165) is 29.5 Å². The third-order valence-corrected chi connectivity index (χ3v) is 4.14. The summed E-state index contributed by atoms with van der Waals surface area (Å²) in [5.41, 5.74) is 8.41. The molecule has 1 fully saturated rings. The highest BCUT2D eigenvalue weighted by molar-refractivity contribution is 5.46. The van der Waals surface area contributed by atoms with Gasteiger partial charge >= 0.3 is 0 Å². The van der Waals surface area contributed by atoms with Crippen LogP contribution >= 0.6 is 0 Å². The Morgan fingerprint density at radius 1 is 1.47 bits per heavy atom. The van der Waals surface area contributed by atoms with Gasteiger partial charge in [0.15, 0.2) is 0 Å². The third kappa shape index (κ3) is 3.48. The summed E-state index contributed by atoms with van der Waals surface area (Å²) in [7, 11) is 2.08. The van der Waals surface area contributed by atoms with Crippen LogP contribution in [-0.2, 0) is 6.54 Å². The van der Waals surface area contributed by atoms with Gasteiger partial charge in [-0.25, -0.2) is 0 Å². The van der Waals surface area contributed by atoms with Gasteiger partial charge in [-0.15, -0.1) is 0 Å². The molecule has 0 amide bonds. The lowest BCUT2D eigenvalue weighted by Crippen LogP contribution is -2.37. The number of aliphatic hydroxyl groups is 1. The van der Waals surface area contributed by atoms with Gasteiger partial charge in [-0.2, -0.15) is 5.10 Å². The smallest absolute Gasteiger partial charge is 0.0862 e. The summed E-state index contributed by atoms with van der Waals surface area (Å²) in [6.45, 7) is 6.14. The molecule has 1 saturated carbocycles. The Kier molecular flexibility index (Phi) is 4.47. The number of hydrogen-bond acceptors (Lipinski definition) is 4. The quantitative estimate of drug-likeness (QED) is 0.811. The van der Waals surface area contributed by atoms with Crippen LogP contribution in [0.3, 0.4) is 0 Å². The van der Waals surface area contributed by atoms with Crippen LogP contribution in [0.2, 0.25) is 0 Å². The third-order valence-electron chi connectivity index (χ3n) is 4.14. The molecule has 1 atom stereocenters. The Balaban J connectivity index is 1.82. The molecule has 1 unspecified atom stereocenters. The maximum absolute atomic E-state index is 10.2. The molecule has 1 aromatic heterocycles. The van der Waals surface area contributed by atoms with Gasteiger partial charge in [0.2, 0.25) is 0 Å². The lowest BCUT2D eigenvalue weighted by molar-refractivity contribution is 0.0904. The second-order valence-electron chi connectivity index (χ2n) is 5.94. The van der Waals surface area contributed by atoms with Crippen LogP contribution in [0.5, 0.6) is 0 Å². The van der Waals surface area contributed by atoms with Crippen LogP contribution in [0.1, 0.15) is 30.7 Å². The summed E-state index contributed by atoms with van der Waals surface area (Å²) < 4.78 is 1.81. The van der Waals surface area contributed by atoms with E-state index in [1.54, 1.807) is 0 Å². The number of aliphatic hydroxyl groups excluding tert-OH is 1. The van der Waals surface area contributed by atoms with Gasteiger partial charge in [-0.3, -0.25) is 4.68 Å². The van der Waals surface area contributed by atoms with Gasteiger partial charge in [-0.1, -0.05) is 6.42 Å². The van der Waals surface area contributed by atoms with E-state index in [1.807, 2.05) is 18.5 Å². The first-order chi connectivity index (χ1) is 8.97. The second-order valence-corrected chi connectivity index (χ2v) is 5.94. The fraction of sp³-hybridized carbons (Fsp3) is 0.786. The van der Waals surface area contributed by atoms with Crippen molar-refractivity contribution in [3.05, 3.63) is 11.4 Å². The van der Waals surface area contributed by atoms with Crippen molar-refractivity contribution in [3.63, 3.8) is 0 Å². The lowest BCUT2D eigenvalue weighted by Gasteiger charge is -2.31. The Morgan fingerprint density at radius 3 is 2.63 bits per heavy atom. The molecule has 3 N–H and O–H groups in total. The molecule has 19 heavy (non-hydrogen) atoms. The predicted molar refractivity (Wildman–Crippen MR) is 77.0 cm³/mol. The van der Waals surface area contributed by atoms with E-state index < -0.39 is 6.10 Å². The Hall–Kier alpha value is -1.07. The molecule has 1 aromatic rings. The van der Waals surface area contributed by atoms with Crippen molar-refractivity contribution in [2.45, 2.75) is 45.8 Å². The number of nitrogen functional groups attached to an aromatic ring is 1. The number of hydrogen-bond donors (Lipinski definition) is 2. The maximum atomic E-state index is 10.2. The van der Waals surface area contributed by atoms with Crippen LogP contribution in [0.25, 0.3) is 0 Å². The van der Waals surface area contributed by atoms with Crippen molar-refractivity contribution in [2.24, 2.45) is 5.92 Å². The van der Waals surface area contributed by atoms with Crippen molar-refractivity contribution in [3.8, 4) is 0 Å². The summed E-state index contributed by atoms with van der Waals surface area (Å²) in [5.74, 6) is 0.835. The van der Waals surface area contributed by atoms with E-state index >= 15 is 0 Å². The molecule has 5 heteroatoms. The van der Waals surface area contributed by atoms with E-state index in [0.29, 0.717) is 13.1 Å². The first kappa shape index (κ1) is 14.3. The summed E-state index contributed by atoms with van der Waals surface area (Å²) in [6.07, 6.45) is 3.65. The molecule has 0 radical (unpaired) electrons. The van der Waals surface area contributed by atoms with Crippen LogP contribution in [-0.4, -0.2) is 46.0 Å². The fourth-order valence-corrected chi connectivity index (χ4v) is 2.70. The molecule has 1 aliphatic carbocycles. The number of nitrogens with zero attached hydrogens (tertiary/aromatic N) is 3. The van der Waals surface area contributed by atoms with Gasteiger partial charge in [0, 0.05) is 13.1 Å². The molecule has 1 heterocycles. The monoisotopic (exact) mass is 266 g/mol. The summed E-state index contributed by atoms with van der Waals surface area (Å²) in [6, 6.07) is 0. The SMILES string of the molecule is Cc1nn(CC(O)CN(C)CC2CCC2)c(C)c1N. The van der Waals surface area contributed by atoms with Crippen LogP contribution in [0.4, 0.5) is 5.69 Å². The van der Waals surface area contributed by atoms with Crippen molar-refractivity contribution in [2.75, 3.05) is 25.9 Å². The van der Waals surface area contributed by atoms with E-state index in [-0.39, 0.29) is 0 Å². The summed E-state index contributed by atoms with van der Waals surface area (Å²) in [5, 5.41) is 14.5. The van der Waals surface area contributed by atoms with Gasteiger partial charge in [0.25, 0.3) is 0 Å². The molecule has 1 aliphatic rings. The summed E-state index contributed by atoms with van der Waals surface area (Å²) in [4.78, 5) is 2.23. The highest BCUT2D eigenvalue weighted by atomic mass is 16.3. The zero-order valence-corrected chi connectivity index (χ0v) is 12.3. The highest BCUT2D eigenvalue weighted by Crippen LogP contribution is 2.26. The number of likely N-dealkylation sites (N-methyl/N-ethyl adjacent to an activating group) is 1. The predicted octanol–water partition coefficient (Wildman–Crippen LogP) is 1.17. The average molecular weight is 266 g/mol. The molecule has 0 aliphatic heterocycles. The van der Waals surface area contributed by atoms with Crippen LogP contribution in [0.15, 0.2) is 0 Å². The summed E-state index contributed by atoms with van der Waals surface area (Å²) >= 11 is 0. The number of anilines is 1. The molecule has 0 spiro atoms. The van der Waals surface area contributed by atoms with E-state index in [1.165, 1.54) is 19.3 Å². The second kappa shape index (κ2) is 5.92. The van der Waals surface area contributed by atoms with Crippen molar-refractivity contribution >= 4 is 5.69 Å². The van der Waals surface area contributed by atoms with Gasteiger partial charge in [0.05, 0.1) is 29.7 Å². The number of nitrogens with two attached hydrogens (primary N) is 1. The van der Waals surface area contributed by atoms with Crippen molar-refractivity contribution < 1.29 is 5.11 Å². The van der Waals surface area contributed by atoms with Crippen LogP contribution < -0.4 is 5.73 Å². The minimum atomic E-state index is -0.400. The van der Waals surface area contributed by atoms with Gasteiger partial charge in [0.1, 0.15) is 0 Å². The van der Waals surface area contributed by atoms with Gasteiger partial charge in [-0.05, 0) is 39.7 Å². The molecular weight excluding hydrogens is 240 g/mol. The standard InChI is InChI=1S/C14H26N4O/c1-10-14(15)11(2)18(16-10)9-13(19)8-17(3)7-12-5-4-6-12/h12-13,19H,4-9,15H2,1-3H3. The minimum absolute atomic E-state index is 0.400. The molecule has 5 nitrogen and oxygen atoms in total. The largest absolute Gasteiger partial charge is 0.396 e. The Morgan fingerprint density at radius 2 is 2.16 bits per heavy atom. The zero-order valence-electron chi connectivity index (χ0n) is 12.3. The van der Waals surface area contributed by atoms with Gasteiger partial charge < -0.3 is 15.7 Å². The number of aromatic nitrogens is 2. The number of rotatable bonds is 6. The topological polar surface area (TPSA) is 67.3 Å². The normalized spacial score (nSPS) is 17.7. The Labute approximate surface area is 115 Å². The zero-order chi connectivity index (χ0) is 14.0. The van der Waals surface area contributed by atoms with Crippen molar-refractivity contribution in [1.82, 2.24) is 14.7 Å². The van der Waals surface area contributed by atoms with E-state index in [2.05, 4.69) is 17.0 Å². The average Bonchev–Trinajstić information content (AvgIpc) is 2.52. The first-order valence-electron chi connectivity index (χ1n) is 7.13.